The van der Waals surface area contributed by atoms with Gasteiger partial charge in [-0.15, -0.1) is 11.8 Å². The van der Waals surface area contributed by atoms with Crippen molar-refractivity contribution in [2.45, 2.75) is 22.3 Å². The third-order valence-electron chi connectivity index (χ3n) is 6.49. The first-order valence-electron chi connectivity index (χ1n) is 11.5. The molecule has 4 aromatic carbocycles. The molecule has 2 heterocycles. The molecule has 6 heteroatoms. The van der Waals surface area contributed by atoms with Gasteiger partial charge in [0.2, 0.25) is 5.72 Å². The van der Waals surface area contributed by atoms with E-state index in [1.54, 1.807) is 7.11 Å². The fourth-order valence-corrected chi connectivity index (χ4v) is 6.56. The molecule has 0 aliphatic carbocycles. The number of thioether (sulfide) groups is 1. The highest BCUT2D eigenvalue weighted by atomic mass is 79.9. The zero-order chi connectivity index (χ0) is 23.8. The summed E-state index contributed by atoms with van der Waals surface area (Å²) < 4.78 is 6.45. The zero-order valence-corrected chi connectivity index (χ0v) is 21.5. The molecule has 0 unspecified atom stereocenters. The van der Waals surface area contributed by atoms with Crippen LogP contribution in [0.25, 0.3) is 0 Å². The zero-order valence-electron chi connectivity index (χ0n) is 19.1. The average Bonchev–Trinajstić information content (AvgIpc) is 3.22. The summed E-state index contributed by atoms with van der Waals surface area (Å²) in [5, 5.41) is 4.90. The van der Waals surface area contributed by atoms with Crippen molar-refractivity contribution in [1.29, 1.82) is 0 Å². The maximum absolute atomic E-state index is 6.54. The van der Waals surface area contributed by atoms with E-state index < -0.39 is 5.72 Å². The van der Waals surface area contributed by atoms with Crippen LogP contribution in [0.3, 0.4) is 0 Å². The van der Waals surface area contributed by atoms with Crippen LogP contribution < -0.4 is 9.64 Å². The summed E-state index contributed by atoms with van der Waals surface area (Å²) in [4.78, 5) is 10.0. The second-order valence-corrected chi connectivity index (χ2v) is 10.7. The number of halogens is 1. The predicted molar refractivity (Wildman–Crippen MR) is 145 cm³/mol. The van der Waals surface area contributed by atoms with Crippen LogP contribution in [-0.4, -0.2) is 12.9 Å². The van der Waals surface area contributed by atoms with Crippen molar-refractivity contribution >= 4 is 39.2 Å². The van der Waals surface area contributed by atoms with Gasteiger partial charge in [0.15, 0.2) is 5.84 Å². The minimum atomic E-state index is -0.815. The minimum absolute atomic E-state index is 0.168. The number of rotatable bonds is 4. The molecule has 174 valence electrons. The van der Waals surface area contributed by atoms with Gasteiger partial charge < -0.3 is 9.57 Å². The monoisotopic (exact) mass is 542 g/mol. The minimum Gasteiger partial charge on any atom is -0.497 e. The molecule has 0 saturated carbocycles. The maximum atomic E-state index is 6.54. The molecule has 2 aliphatic rings. The molecule has 0 N–H and O–H groups in total. The molecule has 0 bridgehead atoms. The van der Waals surface area contributed by atoms with E-state index in [1.165, 1.54) is 10.5 Å². The Morgan fingerprint density at radius 1 is 0.943 bits per heavy atom. The molecule has 0 aromatic heterocycles. The molecule has 0 saturated heterocycles. The number of amidine groups is 1. The van der Waals surface area contributed by atoms with Gasteiger partial charge in [0.1, 0.15) is 5.75 Å². The Hall–Kier alpha value is -3.22. The number of hydrogen-bond acceptors (Lipinski definition) is 5. The lowest BCUT2D eigenvalue weighted by atomic mass is 9.92. The van der Waals surface area contributed by atoms with Gasteiger partial charge in [-0.05, 0) is 54.1 Å². The van der Waals surface area contributed by atoms with Crippen LogP contribution in [0.2, 0.25) is 0 Å². The summed E-state index contributed by atoms with van der Waals surface area (Å²) in [5.74, 6) is 1.61. The third-order valence-corrected chi connectivity index (χ3v) is 8.30. The first-order chi connectivity index (χ1) is 17.2. The number of anilines is 1. The van der Waals surface area contributed by atoms with Crippen molar-refractivity contribution in [3.8, 4) is 5.75 Å². The van der Waals surface area contributed by atoms with Crippen LogP contribution in [0.5, 0.6) is 5.75 Å². The Bertz CT molecular complexity index is 1390. The first kappa shape index (κ1) is 22.3. The van der Waals surface area contributed by atoms with Crippen molar-refractivity contribution in [3.05, 3.63) is 124 Å². The van der Waals surface area contributed by atoms with E-state index in [4.69, 9.17) is 14.7 Å². The normalized spacial score (nSPS) is 20.8. The van der Waals surface area contributed by atoms with Crippen molar-refractivity contribution in [1.82, 2.24) is 0 Å². The van der Waals surface area contributed by atoms with Gasteiger partial charge in [0.25, 0.3) is 0 Å². The number of para-hydroxylation sites is 1. The highest BCUT2D eigenvalue weighted by Crippen LogP contribution is 2.56. The second kappa shape index (κ2) is 9.10. The molecule has 35 heavy (non-hydrogen) atoms. The topological polar surface area (TPSA) is 34.1 Å². The molecule has 0 fully saturated rings. The SMILES string of the molecule is COc1ccc([C@]23C[C@H](c4ccccc4)Sc4ccccc4N2C(c2cccc(Br)c2)=NO3)cc1. The summed E-state index contributed by atoms with van der Waals surface area (Å²) >= 11 is 5.50. The van der Waals surface area contributed by atoms with Gasteiger partial charge in [0, 0.05) is 32.2 Å². The average molecular weight is 543 g/mol. The summed E-state index contributed by atoms with van der Waals surface area (Å²) in [5.41, 5.74) is 3.56. The van der Waals surface area contributed by atoms with E-state index in [0.717, 1.165) is 32.9 Å². The molecule has 2 atom stereocenters. The van der Waals surface area contributed by atoms with Gasteiger partial charge in [0.05, 0.1) is 12.8 Å². The van der Waals surface area contributed by atoms with E-state index in [-0.39, 0.29) is 5.25 Å². The second-order valence-electron chi connectivity index (χ2n) is 8.55. The fourth-order valence-electron chi connectivity index (χ4n) is 4.81. The quantitative estimate of drug-likeness (QED) is 0.264. The number of hydrogen-bond donors (Lipinski definition) is 0. The Morgan fingerprint density at radius 2 is 1.71 bits per heavy atom. The summed E-state index contributed by atoms with van der Waals surface area (Å²) in [6, 6.07) is 35.6. The largest absolute Gasteiger partial charge is 0.497 e. The van der Waals surface area contributed by atoms with Crippen molar-refractivity contribution in [2.75, 3.05) is 12.0 Å². The van der Waals surface area contributed by atoms with E-state index in [2.05, 4.69) is 99.7 Å². The van der Waals surface area contributed by atoms with E-state index in [1.807, 2.05) is 36.0 Å². The standard InChI is InChI=1S/C29H23BrN2O2S/c1-33-24-16-14-22(15-17-24)29-19-27(20-8-3-2-4-9-20)35-26-13-6-5-12-25(26)32(29)28(31-34-29)21-10-7-11-23(30)18-21/h2-18,27H,19H2,1H3/t27-,29-/m1/s1. The van der Waals surface area contributed by atoms with Gasteiger partial charge >= 0.3 is 0 Å². The summed E-state index contributed by atoms with van der Waals surface area (Å²) in [7, 11) is 1.68. The van der Waals surface area contributed by atoms with Gasteiger partial charge in [-0.1, -0.05) is 75.7 Å². The van der Waals surface area contributed by atoms with Crippen LogP contribution in [0.4, 0.5) is 5.69 Å². The Morgan fingerprint density at radius 3 is 2.49 bits per heavy atom. The first-order valence-corrected chi connectivity index (χ1v) is 13.1. The Kier molecular flexibility index (Phi) is 5.78. The molecule has 6 rings (SSSR count). The molecule has 0 radical (unpaired) electrons. The van der Waals surface area contributed by atoms with Crippen LogP contribution in [-0.2, 0) is 10.6 Å². The fraction of sp³-hybridized carbons (Fsp3) is 0.138. The Balaban J connectivity index is 1.57. The number of benzene rings is 4. The highest BCUT2D eigenvalue weighted by Gasteiger charge is 2.53. The number of oxime groups is 1. The molecule has 4 aromatic rings. The highest BCUT2D eigenvalue weighted by molar-refractivity contribution is 9.10. The summed E-state index contributed by atoms with van der Waals surface area (Å²) in [6.45, 7) is 0. The van der Waals surface area contributed by atoms with Crippen LogP contribution in [0.1, 0.15) is 28.4 Å². The van der Waals surface area contributed by atoms with E-state index in [9.17, 15) is 0 Å². The lowest BCUT2D eigenvalue weighted by Gasteiger charge is -2.38. The molecule has 2 aliphatic heterocycles. The molecular weight excluding hydrogens is 520 g/mol. The maximum Gasteiger partial charge on any atom is 0.242 e. The molecule has 4 nitrogen and oxygen atoms in total. The van der Waals surface area contributed by atoms with Gasteiger partial charge in [-0.2, -0.15) is 0 Å². The van der Waals surface area contributed by atoms with Gasteiger partial charge in [-0.3, -0.25) is 4.90 Å². The smallest absolute Gasteiger partial charge is 0.242 e. The number of ether oxygens (including phenoxy) is 1. The lowest BCUT2D eigenvalue weighted by molar-refractivity contribution is -0.0283. The van der Waals surface area contributed by atoms with E-state index in [0.29, 0.717) is 6.42 Å². The Labute approximate surface area is 217 Å². The van der Waals surface area contributed by atoms with Crippen LogP contribution >= 0.6 is 27.7 Å². The van der Waals surface area contributed by atoms with Crippen LogP contribution in [0.15, 0.2) is 118 Å². The van der Waals surface area contributed by atoms with E-state index >= 15 is 0 Å². The summed E-state index contributed by atoms with van der Waals surface area (Å²) in [6.07, 6.45) is 0.712. The molecular formula is C29H23BrN2O2S. The van der Waals surface area contributed by atoms with Crippen molar-refractivity contribution in [3.63, 3.8) is 0 Å². The van der Waals surface area contributed by atoms with Crippen LogP contribution in [0, 0.1) is 0 Å². The third kappa shape index (κ3) is 3.91. The van der Waals surface area contributed by atoms with Gasteiger partial charge in [-0.25, -0.2) is 0 Å². The molecule has 0 amide bonds. The number of fused-ring (bicyclic) bond motifs is 3. The number of nitrogens with zero attached hydrogens (tertiary/aromatic N) is 2. The predicted octanol–water partition coefficient (Wildman–Crippen LogP) is 7.75. The lowest BCUT2D eigenvalue weighted by Crippen LogP contribution is -2.47. The number of methoxy groups -OCH3 is 1. The van der Waals surface area contributed by atoms with Crippen molar-refractivity contribution in [2.24, 2.45) is 5.16 Å². The molecule has 0 spiro atoms. The van der Waals surface area contributed by atoms with Crippen molar-refractivity contribution < 1.29 is 9.57 Å².